The molecule has 52 heavy (non-hydrogen) atoms. The standard InChI is InChI=1S/C39H39FN6O4S2/c1-41-27-16-19-45(20-17-27)18-5-7-25-13-14-32(30(40)23-25)50-22-6-12-34-35(37(48)49)43-39(52-34)46-21-15-26-8-4-9-28(29(26)24-46)36(47)44-38-42-31-10-2-3-11-33(31)51-38/h2-4,8-11,13-14,23,27,41H,6,12,15-22,24H2,1H3,(H,48,49)(H,42,44,47). The van der Waals surface area contributed by atoms with Crippen molar-refractivity contribution < 1.29 is 23.8 Å². The van der Waals surface area contributed by atoms with Gasteiger partial charge < -0.3 is 20.1 Å². The van der Waals surface area contributed by atoms with Gasteiger partial charge in [0.25, 0.3) is 5.91 Å². The van der Waals surface area contributed by atoms with E-state index in [9.17, 15) is 19.1 Å². The fourth-order valence-corrected chi connectivity index (χ4v) is 8.58. The SMILES string of the molecule is CNC1CCN(CC#Cc2ccc(OCCCc3sc(N4CCc5cccc(C(=O)Nc6nc7ccccc7s6)c5C4)nc3C(=O)O)c(F)c2)CC1. The maximum Gasteiger partial charge on any atom is 0.355 e. The molecule has 2 aliphatic heterocycles. The number of hydrogen-bond acceptors (Lipinski definition) is 10. The number of anilines is 2. The largest absolute Gasteiger partial charge is 0.491 e. The second-order valence-electron chi connectivity index (χ2n) is 12.9. The molecule has 7 rings (SSSR count). The highest BCUT2D eigenvalue weighted by molar-refractivity contribution is 7.22. The van der Waals surface area contributed by atoms with Crippen molar-refractivity contribution in [2.45, 2.75) is 44.7 Å². The number of carbonyl (C=O) groups is 2. The van der Waals surface area contributed by atoms with Crippen molar-refractivity contribution in [1.29, 1.82) is 0 Å². The van der Waals surface area contributed by atoms with E-state index in [0.29, 0.717) is 71.2 Å². The Balaban J connectivity index is 0.949. The maximum absolute atomic E-state index is 14.9. The van der Waals surface area contributed by atoms with Gasteiger partial charge in [0, 0.05) is 48.2 Å². The highest BCUT2D eigenvalue weighted by atomic mass is 32.1. The molecule has 0 atom stereocenters. The zero-order valence-corrected chi connectivity index (χ0v) is 30.4. The number of carboxylic acid groups (broad SMARTS) is 1. The summed E-state index contributed by atoms with van der Waals surface area (Å²) < 4.78 is 21.6. The average molecular weight is 739 g/mol. The van der Waals surface area contributed by atoms with Crippen LogP contribution in [0.4, 0.5) is 14.7 Å². The number of nitrogens with zero attached hydrogens (tertiary/aromatic N) is 4. The Labute approximate surface area is 309 Å². The molecule has 1 fully saturated rings. The Hall–Kier alpha value is -4.87. The molecule has 13 heteroatoms. The molecule has 2 aromatic heterocycles. The average Bonchev–Trinajstić information content (AvgIpc) is 3.78. The second-order valence-corrected chi connectivity index (χ2v) is 15.0. The van der Waals surface area contributed by atoms with Crippen LogP contribution in [0.3, 0.4) is 0 Å². The molecule has 3 aromatic carbocycles. The molecule has 0 bridgehead atoms. The van der Waals surface area contributed by atoms with Crippen LogP contribution in [0.1, 0.15) is 61.7 Å². The minimum atomic E-state index is -1.10. The van der Waals surface area contributed by atoms with Crippen molar-refractivity contribution in [1.82, 2.24) is 20.2 Å². The van der Waals surface area contributed by atoms with E-state index in [4.69, 9.17) is 4.74 Å². The van der Waals surface area contributed by atoms with Gasteiger partial charge in [-0.15, -0.1) is 11.3 Å². The van der Waals surface area contributed by atoms with E-state index in [-0.39, 0.29) is 24.0 Å². The van der Waals surface area contributed by atoms with E-state index in [0.717, 1.165) is 47.3 Å². The number of piperidine rings is 1. The summed E-state index contributed by atoms with van der Waals surface area (Å²) in [5, 5.41) is 17.4. The van der Waals surface area contributed by atoms with Crippen LogP contribution in [0.15, 0.2) is 60.7 Å². The van der Waals surface area contributed by atoms with Crippen molar-refractivity contribution in [3.8, 4) is 17.6 Å². The number of para-hydroxylation sites is 1. The van der Waals surface area contributed by atoms with Gasteiger partial charge in [0.15, 0.2) is 27.5 Å². The molecule has 0 radical (unpaired) electrons. The summed E-state index contributed by atoms with van der Waals surface area (Å²) in [6.45, 7) is 3.92. The lowest BCUT2D eigenvalue weighted by molar-refractivity contribution is 0.0690. The number of carboxylic acids is 1. The molecule has 1 saturated heterocycles. The first-order valence-corrected chi connectivity index (χ1v) is 19.0. The van der Waals surface area contributed by atoms with Crippen LogP contribution in [-0.2, 0) is 19.4 Å². The summed E-state index contributed by atoms with van der Waals surface area (Å²) in [7, 11) is 2.00. The lowest BCUT2D eigenvalue weighted by Gasteiger charge is -2.30. The summed E-state index contributed by atoms with van der Waals surface area (Å²) in [6.07, 6.45) is 3.78. The fraction of sp³-hybridized carbons (Fsp3) is 0.333. The highest BCUT2D eigenvalue weighted by Crippen LogP contribution is 2.33. The summed E-state index contributed by atoms with van der Waals surface area (Å²) in [4.78, 5) is 39.7. The van der Waals surface area contributed by atoms with Crippen LogP contribution in [-0.4, -0.2) is 77.7 Å². The molecule has 268 valence electrons. The molecule has 0 saturated carbocycles. The van der Waals surface area contributed by atoms with E-state index in [2.05, 4.69) is 37.3 Å². The van der Waals surface area contributed by atoms with Crippen LogP contribution in [0.5, 0.6) is 5.75 Å². The van der Waals surface area contributed by atoms with E-state index >= 15 is 0 Å². The van der Waals surface area contributed by atoms with Gasteiger partial charge in [0.05, 0.1) is 23.4 Å². The molecule has 3 N–H and O–H groups in total. The Morgan fingerprint density at radius 1 is 1.06 bits per heavy atom. The maximum atomic E-state index is 14.9. The molecule has 10 nitrogen and oxygen atoms in total. The Bertz CT molecular complexity index is 2120. The molecule has 1 amide bonds. The summed E-state index contributed by atoms with van der Waals surface area (Å²) >= 11 is 2.76. The van der Waals surface area contributed by atoms with E-state index < -0.39 is 11.8 Å². The van der Waals surface area contributed by atoms with Crippen LogP contribution in [0.25, 0.3) is 10.2 Å². The van der Waals surface area contributed by atoms with Crippen LogP contribution >= 0.6 is 22.7 Å². The van der Waals surface area contributed by atoms with Crippen molar-refractivity contribution in [3.63, 3.8) is 0 Å². The molecule has 0 aliphatic carbocycles. The number of carbonyl (C=O) groups excluding carboxylic acids is 1. The molecule has 2 aliphatic rings. The minimum Gasteiger partial charge on any atom is -0.491 e. The van der Waals surface area contributed by atoms with Crippen LogP contribution in [0, 0.1) is 17.7 Å². The van der Waals surface area contributed by atoms with Gasteiger partial charge >= 0.3 is 5.97 Å². The number of fused-ring (bicyclic) bond motifs is 2. The number of nitrogens with one attached hydrogen (secondary N) is 2. The van der Waals surface area contributed by atoms with Gasteiger partial charge in [-0.05, 0) is 86.7 Å². The van der Waals surface area contributed by atoms with Crippen molar-refractivity contribution in [3.05, 3.63) is 99.3 Å². The number of benzene rings is 3. The lowest BCUT2D eigenvalue weighted by atomic mass is 9.94. The third-order valence-corrected chi connectivity index (χ3v) is 11.6. The number of thiazole rings is 2. The summed E-state index contributed by atoms with van der Waals surface area (Å²) in [6, 6.07) is 18.8. The Kier molecular flexibility index (Phi) is 11.1. The number of likely N-dealkylation sites (tertiary alicyclic amines) is 1. The number of amides is 1. The normalized spacial score (nSPS) is 14.8. The molecule has 0 spiro atoms. The highest BCUT2D eigenvalue weighted by Gasteiger charge is 2.27. The number of rotatable bonds is 11. The first-order valence-electron chi connectivity index (χ1n) is 17.4. The van der Waals surface area contributed by atoms with Crippen molar-refractivity contribution >= 4 is 55.0 Å². The molecular weight excluding hydrogens is 700 g/mol. The molecular formula is C39H39FN6O4S2. The van der Waals surface area contributed by atoms with Gasteiger partial charge in [-0.3, -0.25) is 15.0 Å². The number of hydrogen-bond donors (Lipinski definition) is 3. The number of aryl methyl sites for hydroxylation is 1. The molecule has 4 heterocycles. The number of aromatic carboxylic acids is 1. The van der Waals surface area contributed by atoms with E-state index in [1.54, 1.807) is 18.2 Å². The quantitative estimate of drug-likeness (QED) is 0.104. The van der Waals surface area contributed by atoms with Crippen LogP contribution < -0.4 is 20.3 Å². The van der Waals surface area contributed by atoms with Gasteiger partial charge in [-0.25, -0.2) is 19.2 Å². The predicted octanol–water partition coefficient (Wildman–Crippen LogP) is 6.45. The summed E-state index contributed by atoms with van der Waals surface area (Å²) in [5.74, 6) is 4.54. The predicted molar refractivity (Wildman–Crippen MR) is 203 cm³/mol. The van der Waals surface area contributed by atoms with Gasteiger partial charge in [-0.1, -0.05) is 47.4 Å². The Morgan fingerprint density at radius 3 is 2.69 bits per heavy atom. The molecule has 0 unspecified atom stereocenters. The third kappa shape index (κ3) is 8.26. The first kappa shape index (κ1) is 35.5. The fourth-order valence-electron chi connectivity index (χ4n) is 6.60. The zero-order valence-electron chi connectivity index (χ0n) is 28.8. The minimum absolute atomic E-state index is 0.00756. The topological polar surface area (TPSA) is 120 Å². The summed E-state index contributed by atoms with van der Waals surface area (Å²) in [5.41, 5.74) is 3.96. The Morgan fingerprint density at radius 2 is 1.90 bits per heavy atom. The second kappa shape index (κ2) is 16.2. The smallest absolute Gasteiger partial charge is 0.355 e. The van der Waals surface area contributed by atoms with Gasteiger partial charge in [-0.2, -0.15) is 0 Å². The zero-order chi connectivity index (χ0) is 36.0. The van der Waals surface area contributed by atoms with E-state index in [1.165, 1.54) is 28.7 Å². The van der Waals surface area contributed by atoms with Crippen LogP contribution in [0.2, 0.25) is 0 Å². The monoisotopic (exact) mass is 738 g/mol. The number of ether oxygens (including phenoxy) is 1. The number of aromatic nitrogens is 2. The first-order chi connectivity index (χ1) is 25.3. The van der Waals surface area contributed by atoms with Crippen molar-refractivity contribution in [2.75, 3.05) is 50.1 Å². The van der Waals surface area contributed by atoms with E-state index in [1.807, 2.05) is 48.3 Å². The molecule has 5 aromatic rings. The lowest BCUT2D eigenvalue weighted by Crippen LogP contribution is -2.41. The van der Waals surface area contributed by atoms with Crippen molar-refractivity contribution in [2.24, 2.45) is 0 Å². The number of halogens is 1. The van der Waals surface area contributed by atoms with Gasteiger partial charge in [0.2, 0.25) is 0 Å². The third-order valence-electron chi connectivity index (χ3n) is 9.46. The van der Waals surface area contributed by atoms with Gasteiger partial charge in [0.1, 0.15) is 0 Å².